The number of hydrogen-bond donors (Lipinski definition) is 2. The zero-order valence-electron chi connectivity index (χ0n) is 10.3. The Hall–Kier alpha value is -1.89. The van der Waals surface area contributed by atoms with E-state index < -0.39 is 11.9 Å². The molecule has 2 rings (SSSR count). The Morgan fingerprint density at radius 3 is 3.06 bits per heavy atom. The second kappa shape index (κ2) is 5.18. The summed E-state index contributed by atoms with van der Waals surface area (Å²) in [5.41, 5.74) is 12.1. The lowest BCUT2D eigenvalue weighted by atomic mass is 10.1. The Labute approximate surface area is 105 Å². The Balaban J connectivity index is 2.39. The van der Waals surface area contributed by atoms with Crippen molar-refractivity contribution >= 4 is 17.5 Å². The Morgan fingerprint density at radius 1 is 1.61 bits per heavy atom. The monoisotopic (exact) mass is 251 g/mol. The van der Waals surface area contributed by atoms with E-state index in [4.69, 9.17) is 16.2 Å². The highest BCUT2D eigenvalue weighted by Gasteiger charge is 2.30. The van der Waals surface area contributed by atoms with Gasteiger partial charge in [-0.3, -0.25) is 4.79 Å². The van der Waals surface area contributed by atoms with Crippen LogP contribution in [0, 0.1) is 0 Å². The molecule has 1 unspecified atom stereocenters. The van der Waals surface area contributed by atoms with E-state index in [1.165, 1.54) is 6.33 Å². The molecule has 1 fully saturated rings. The summed E-state index contributed by atoms with van der Waals surface area (Å²) in [6, 6.07) is -0.502. The molecule has 0 spiro atoms. The van der Waals surface area contributed by atoms with Crippen molar-refractivity contribution in [2.24, 2.45) is 5.73 Å². The minimum atomic E-state index is -0.502. The largest absolute Gasteiger partial charge is 0.383 e. The maximum absolute atomic E-state index is 11.4. The second-order valence-electron chi connectivity index (χ2n) is 4.10. The zero-order valence-corrected chi connectivity index (χ0v) is 10.3. The fourth-order valence-corrected chi connectivity index (χ4v) is 2.10. The number of primary amides is 1. The van der Waals surface area contributed by atoms with Gasteiger partial charge in [0.25, 0.3) is 0 Å². The standard InChI is InChI=1S/C11H17N5O2/c1-2-7-9(12)14-6-15-11(7)16-3-4-18-5-8(16)10(13)17/h6,8H,2-5H2,1H3,(H2,13,17)(H2,12,14,15). The van der Waals surface area contributed by atoms with Gasteiger partial charge in [-0.05, 0) is 6.42 Å². The summed E-state index contributed by atoms with van der Waals surface area (Å²) in [4.78, 5) is 21.5. The lowest BCUT2D eigenvalue weighted by Crippen LogP contribution is -2.53. The molecule has 7 heteroatoms. The number of rotatable bonds is 3. The molecule has 0 saturated carbocycles. The van der Waals surface area contributed by atoms with E-state index in [1.54, 1.807) is 0 Å². The first-order valence-electron chi connectivity index (χ1n) is 5.88. The smallest absolute Gasteiger partial charge is 0.242 e. The molecule has 7 nitrogen and oxygen atoms in total. The summed E-state index contributed by atoms with van der Waals surface area (Å²) < 4.78 is 5.28. The number of carbonyl (C=O) groups is 1. The first-order chi connectivity index (χ1) is 8.65. The molecule has 1 amide bonds. The molecule has 1 aromatic rings. The van der Waals surface area contributed by atoms with Crippen molar-refractivity contribution in [3.8, 4) is 0 Å². The summed E-state index contributed by atoms with van der Waals surface area (Å²) >= 11 is 0. The minimum absolute atomic E-state index is 0.280. The third-order valence-electron chi connectivity index (χ3n) is 3.04. The summed E-state index contributed by atoms with van der Waals surface area (Å²) in [5, 5.41) is 0. The molecule has 1 aliphatic rings. The summed E-state index contributed by atoms with van der Waals surface area (Å²) in [6.45, 7) is 3.36. The molecular formula is C11H17N5O2. The number of nitrogen functional groups attached to an aromatic ring is 1. The SMILES string of the molecule is CCc1c(N)ncnc1N1CCOCC1C(N)=O. The van der Waals surface area contributed by atoms with Gasteiger partial charge in [0.15, 0.2) is 0 Å². The van der Waals surface area contributed by atoms with E-state index in [9.17, 15) is 4.79 Å². The minimum Gasteiger partial charge on any atom is -0.383 e. The van der Waals surface area contributed by atoms with Crippen LogP contribution < -0.4 is 16.4 Å². The molecule has 0 aromatic carbocycles. The Morgan fingerprint density at radius 2 is 2.39 bits per heavy atom. The average molecular weight is 251 g/mol. The normalized spacial score (nSPS) is 19.8. The van der Waals surface area contributed by atoms with Gasteiger partial charge >= 0.3 is 0 Å². The van der Waals surface area contributed by atoms with Gasteiger partial charge < -0.3 is 21.1 Å². The molecule has 98 valence electrons. The molecule has 0 bridgehead atoms. The summed E-state index contributed by atoms with van der Waals surface area (Å²) in [6.07, 6.45) is 2.10. The van der Waals surface area contributed by atoms with Crippen LogP contribution >= 0.6 is 0 Å². The first-order valence-corrected chi connectivity index (χ1v) is 5.88. The lowest BCUT2D eigenvalue weighted by molar-refractivity contribution is -0.121. The maximum Gasteiger partial charge on any atom is 0.242 e. The van der Waals surface area contributed by atoms with Gasteiger partial charge in [0.2, 0.25) is 5.91 Å². The highest BCUT2D eigenvalue weighted by Crippen LogP contribution is 2.25. The van der Waals surface area contributed by atoms with Crippen LogP contribution in [0.1, 0.15) is 12.5 Å². The van der Waals surface area contributed by atoms with Gasteiger partial charge in [0, 0.05) is 12.1 Å². The number of nitrogens with zero attached hydrogens (tertiary/aromatic N) is 3. The topological polar surface area (TPSA) is 107 Å². The molecule has 2 heterocycles. The van der Waals surface area contributed by atoms with Crippen molar-refractivity contribution in [2.75, 3.05) is 30.4 Å². The molecule has 1 saturated heterocycles. The second-order valence-corrected chi connectivity index (χ2v) is 4.10. The highest BCUT2D eigenvalue weighted by atomic mass is 16.5. The quantitative estimate of drug-likeness (QED) is 0.736. The van der Waals surface area contributed by atoms with Gasteiger partial charge in [-0.2, -0.15) is 0 Å². The van der Waals surface area contributed by atoms with Crippen LogP contribution in [0.4, 0.5) is 11.6 Å². The van der Waals surface area contributed by atoms with Crippen LogP contribution in [0.15, 0.2) is 6.33 Å². The van der Waals surface area contributed by atoms with Crippen molar-refractivity contribution in [3.05, 3.63) is 11.9 Å². The van der Waals surface area contributed by atoms with E-state index in [0.29, 0.717) is 31.2 Å². The molecule has 0 aliphatic carbocycles. The molecule has 0 radical (unpaired) electrons. The number of amides is 1. The summed E-state index contributed by atoms with van der Waals surface area (Å²) in [7, 11) is 0. The number of aromatic nitrogens is 2. The van der Waals surface area contributed by atoms with E-state index in [-0.39, 0.29) is 6.61 Å². The van der Waals surface area contributed by atoms with E-state index in [0.717, 1.165) is 5.56 Å². The number of anilines is 2. The van der Waals surface area contributed by atoms with Crippen molar-refractivity contribution in [1.82, 2.24) is 9.97 Å². The van der Waals surface area contributed by atoms with Gasteiger partial charge in [-0.1, -0.05) is 6.92 Å². The highest BCUT2D eigenvalue weighted by molar-refractivity contribution is 5.84. The fourth-order valence-electron chi connectivity index (χ4n) is 2.10. The third-order valence-corrected chi connectivity index (χ3v) is 3.04. The average Bonchev–Trinajstić information content (AvgIpc) is 2.38. The molecule has 1 atom stereocenters. The lowest BCUT2D eigenvalue weighted by Gasteiger charge is -2.35. The fraction of sp³-hybridized carbons (Fsp3) is 0.545. The van der Waals surface area contributed by atoms with Crippen LogP contribution in [-0.4, -0.2) is 41.7 Å². The number of hydrogen-bond acceptors (Lipinski definition) is 6. The van der Waals surface area contributed by atoms with E-state index >= 15 is 0 Å². The summed E-state index contributed by atoms with van der Waals surface area (Å²) in [5.74, 6) is 0.697. The number of carbonyl (C=O) groups excluding carboxylic acids is 1. The van der Waals surface area contributed by atoms with Crippen LogP contribution in [0.2, 0.25) is 0 Å². The molecular weight excluding hydrogens is 234 g/mol. The van der Waals surface area contributed by atoms with Crippen molar-refractivity contribution in [1.29, 1.82) is 0 Å². The number of nitrogens with two attached hydrogens (primary N) is 2. The van der Waals surface area contributed by atoms with Crippen LogP contribution in [-0.2, 0) is 16.0 Å². The van der Waals surface area contributed by atoms with Crippen LogP contribution in [0.25, 0.3) is 0 Å². The number of morpholine rings is 1. The van der Waals surface area contributed by atoms with Gasteiger partial charge in [0.05, 0.1) is 13.2 Å². The molecule has 4 N–H and O–H groups in total. The predicted molar refractivity (Wildman–Crippen MR) is 67.0 cm³/mol. The van der Waals surface area contributed by atoms with Crippen LogP contribution in [0.5, 0.6) is 0 Å². The Bertz CT molecular complexity index is 451. The molecule has 1 aliphatic heterocycles. The predicted octanol–water partition coefficient (Wildman–Crippen LogP) is -0.688. The van der Waals surface area contributed by atoms with Gasteiger partial charge in [-0.25, -0.2) is 9.97 Å². The van der Waals surface area contributed by atoms with Crippen molar-refractivity contribution < 1.29 is 9.53 Å². The van der Waals surface area contributed by atoms with E-state index in [2.05, 4.69) is 9.97 Å². The van der Waals surface area contributed by atoms with Crippen molar-refractivity contribution in [3.63, 3.8) is 0 Å². The van der Waals surface area contributed by atoms with Gasteiger partial charge in [-0.15, -0.1) is 0 Å². The van der Waals surface area contributed by atoms with Gasteiger partial charge in [0.1, 0.15) is 24.0 Å². The third kappa shape index (κ3) is 2.21. The maximum atomic E-state index is 11.4. The van der Waals surface area contributed by atoms with Crippen molar-refractivity contribution in [2.45, 2.75) is 19.4 Å². The molecule has 1 aromatic heterocycles. The molecule has 18 heavy (non-hydrogen) atoms. The Kier molecular flexibility index (Phi) is 3.61. The first kappa shape index (κ1) is 12.6. The van der Waals surface area contributed by atoms with Crippen LogP contribution in [0.3, 0.4) is 0 Å². The van der Waals surface area contributed by atoms with E-state index in [1.807, 2.05) is 11.8 Å². The zero-order chi connectivity index (χ0) is 13.1. The number of ether oxygens (including phenoxy) is 1.